The van der Waals surface area contributed by atoms with E-state index in [0.717, 1.165) is 21.4 Å². The van der Waals surface area contributed by atoms with Crippen LogP contribution < -0.4 is 0 Å². The van der Waals surface area contributed by atoms with E-state index in [4.69, 9.17) is 0 Å². The van der Waals surface area contributed by atoms with Crippen molar-refractivity contribution in [2.75, 3.05) is 0 Å². The minimum Gasteiger partial charge on any atom is -0.387 e. The average Bonchev–Trinajstić information content (AvgIpc) is 2.66. The Hall–Kier alpha value is -1.26. The molecule has 96 valence electrons. The number of benzene rings is 1. The van der Waals surface area contributed by atoms with Gasteiger partial charge < -0.3 is 5.11 Å². The molecule has 0 spiro atoms. The van der Waals surface area contributed by atoms with Gasteiger partial charge in [-0.2, -0.15) is 0 Å². The highest BCUT2D eigenvalue weighted by atomic mass is 32.1. The summed E-state index contributed by atoms with van der Waals surface area (Å²) in [5, 5.41) is 10.0. The number of halogens is 2. The Morgan fingerprint density at radius 3 is 2.61 bits per heavy atom. The third-order valence-electron chi connectivity index (χ3n) is 2.96. The van der Waals surface area contributed by atoms with Crippen LogP contribution in [-0.2, 0) is 6.42 Å². The topological polar surface area (TPSA) is 20.2 Å². The van der Waals surface area contributed by atoms with Gasteiger partial charge in [0.1, 0.15) is 0 Å². The zero-order valence-electron chi connectivity index (χ0n) is 10.2. The molecule has 2 aromatic rings. The lowest BCUT2D eigenvalue weighted by atomic mass is 10.1. The highest BCUT2D eigenvalue weighted by molar-refractivity contribution is 7.12. The maximum absolute atomic E-state index is 13.5. The van der Waals surface area contributed by atoms with Crippen LogP contribution in [0.15, 0.2) is 24.3 Å². The second-order valence-electron chi connectivity index (χ2n) is 4.32. The average molecular weight is 268 g/mol. The lowest BCUT2D eigenvalue weighted by molar-refractivity contribution is 0.180. The van der Waals surface area contributed by atoms with Crippen LogP contribution in [-0.4, -0.2) is 5.11 Å². The lowest BCUT2D eigenvalue weighted by Crippen LogP contribution is -2.03. The number of hydrogen-bond acceptors (Lipinski definition) is 2. The summed E-state index contributed by atoms with van der Waals surface area (Å²) in [7, 11) is 0. The van der Waals surface area contributed by atoms with E-state index in [-0.39, 0.29) is 12.0 Å². The van der Waals surface area contributed by atoms with Gasteiger partial charge in [-0.3, -0.25) is 0 Å². The highest BCUT2D eigenvalue weighted by Gasteiger charge is 2.16. The van der Waals surface area contributed by atoms with E-state index < -0.39 is 17.7 Å². The van der Waals surface area contributed by atoms with Crippen molar-refractivity contribution in [3.8, 4) is 0 Å². The van der Waals surface area contributed by atoms with Gasteiger partial charge in [-0.15, -0.1) is 11.3 Å². The first-order chi connectivity index (χ1) is 8.49. The molecule has 1 unspecified atom stereocenters. The van der Waals surface area contributed by atoms with Crippen LogP contribution in [0.2, 0.25) is 0 Å². The zero-order chi connectivity index (χ0) is 13.3. The van der Waals surface area contributed by atoms with Gasteiger partial charge in [0.15, 0.2) is 11.6 Å². The van der Waals surface area contributed by atoms with Crippen LogP contribution in [0, 0.1) is 25.5 Å². The lowest BCUT2D eigenvalue weighted by Gasteiger charge is -2.09. The molecular formula is C14H14F2OS. The number of rotatable bonds is 3. The molecule has 0 amide bonds. The third-order valence-corrected chi connectivity index (χ3v) is 4.21. The molecular weight excluding hydrogens is 254 g/mol. The molecule has 1 heterocycles. The van der Waals surface area contributed by atoms with Gasteiger partial charge in [0.2, 0.25) is 0 Å². The number of aliphatic hydroxyl groups excluding tert-OH is 1. The number of aliphatic hydroxyl groups is 1. The Kier molecular flexibility index (Phi) is 3.78. The van der Waals surface area contributed by atoms with Gasteiger partial charge >= 0.3 is 0 Å². The molecule has 0 aliphatic rings. The SMILES string of the molecule is Cc1cc(C(O)Cc2cccc(F)c2F)sc1C. The predicted octanol–water partition coefficient (Wildman–Crippen LogP) is 3.92. The molecule has 0 fully saturated rings. The van der Waals surface area contributed by atoms with Crippen LogP contribution in [0.5, 0.6) is 0 Å². The van der Waals surface area contributed by atoms with Crippen molar-refractivity contribution < 1.29 is 13.9 Å². The molecule has 18 heavy (non-hydrogen) atoms. The fraction of sp³-hybridized carbons (Fsp3) is 0.286. The molecule has 0 saturated heterocycles. The summed E-state index contributed by atoms with van der Waals surface area (Å²) in [5.41, 5.74) is 1.31. The standard InChI is InChI=1S/C14H14F2OS/c1-8-6-13(18-9(8)2)12(17)7-10-4-3-5-11(15)14(10)16/h3-6,12,17H,7H2,1-2H3. The van der Waals surface area contributed by atoms with Crippen LogP contribution >= 0.6 is 11.3 Å². The van der Waals surface area contributed by atoms with Crippen molar-refractivity contribution in [2.45, 2.75) is 26.4 Å². The molecule has 4 heteroatoms. The van der Waals surface area contributed by atoms with E-state index in [0.29, 0.717) is 0 Å². The van der Waals surface area contributed by atoms with Gasteiger partial charge in [-0.1, -0.05) is 12.1 Å². The van der Waals surface area contributed by atoms with Crippen LogP contribution in [0.25, 0.3) is 0 Å². The summed E-state index contributed by atoms with van der Waals surface area (Å²) in [6.45, 7) is 3.93. The Morgan fingerprint density at radius 2 is 2.00 bits per heavy atom. The van der Waals surface area contributed by atoms with Crippen molar-refractivity contribution in [1.29, 1.82) is 0 Å². The minimum absolute atomic E-state index is 0.0863. The minimum atomic E-state index is -0.877. The number of aryl methyl sites for hydroxylation is 2. The molecule has 2 rings (SSSR count). The van der Waals surface area contributed by atoms with E-state index in [9.17, 15) is 13.9 Å². The smallest absolute Gasteiger partial charge is 0.162 e. The van der Waals surface area contributed by atoms with Gasteiger partial charge in [-0.25, -0.2) is 8.78 Å². The summed E-state index contributed by atoms with van der Waals surface area (Å²) in [4.78, 5) is 1.91. The second-order valence-corrected chi connectivity index (χ2v) is 5.61. The van der Waals surface area contributed by atoms with Crippen molar-refractivity contribution >= 4 is 11.3 Å². The molecule has 0 aliphatic carbocycles. The van der Waals surface area contributed by atoms with Gasteiger partial charge in [-0.05, 0) is 37.1 Å². The van der Waals surface area contributed by atoms with Gasteiger partial charge in [0, 0.05) is 16.2 Å². The summed E-state index contributed by atoms with van der Waals surface area (Å²) < 4.78 is 26.5. The predicted molar refractivity (Wildman–Crippen MR) is 68.8 cm³/mol. The van der Waals surface area contributed by atoms with Crippen LogP contribution in [0.3, 0.4) is 0 Å². The van der Waals surface area contributed by atoms with Gasteiger partial charge in [0.25, 0.3) is 0 Å². The molecule has 1 nitrogen and oxygen atoms in total. The van der Waals surface area contributed by atoms with Crippen molar-refractivity contribution in [3.63, 3.8) is 0 Å². The molecule has 1 aromatic carbocycles. The van der Waals surface area contributed by atoms with Crippen LogP contribution in [0.1, 0.15) is 27.0 Å². The van der Waals surface area contributed by atoms with Crippen molar-refractivity contribution in [1.82, 2.24) is 0 Å². The Labute approximate surface area is 109 Å². The molecule has 1 aromatic heterocycles. The summed E-state index contributed by atoms with van der Waals surface area (Å²) in [6.07, 6.45) is -0.707. The van der Waals surface area contributed by atoms with E-state index in [1.165, 1.54) is 23.5 Å². The quantitative estimate of drug-likeness (QED) is 0.894. The maximum atomic E-state index is 13.5. The molecule has 0 saturated carbocycles. The summed E-state index contributed by atoms with van der Waals surface area (Å²) >= 11 is 1.49. The molecule has 0 aliphatic heterocycles. The van der Waals surface area contributed by atoms with E-state index in [1.807, 2.05) is 19.9 Å². The molecule has 0 bridgehead atoms. The Balaban J connectivity index is 2.21. The normalized spacial score (nSPS) is 12.7. The van der Waals surface area contributed by atoms with E-state index in [1.54, 1.807) is 0 Å². The largest absolute Gasteiger partial charge is 0.387 e. The Bertz CT molecular complexity index is 543. The first-order valence-corrected chi connectivity index (χ1v) is 6.48. The zero-order valence-corrected chi connectivity index (χ0v) is 11.0. The fourth-order valence-corrected chi connectivity index (χ4v) is 2.81. The molecule has 1 N–H and O–H groups in total. The fourth-order valence-electron chi connectivity index (χ4n) is 1.78. The number of hydrogen-bond donors (Lipinski definition) is 1. The first-order valence-electron chi connectivity index (χ1n) is 5.67. The number of thiophene rings is 1. The maximum Gasteiger partial charge on any atom is 0.162 e. The third kappa shape index (κ3) is 2.60. The second kappa shape index (κ2) is 5.16. The van der Waals surface area contributed by atoms with E-state index >= 15 is 0 Å². The van der Waals surface area contributed by atoms with Crippen LogP contribution in [0.4, 0.5) is 8.78 Å². The van der Waals surface area contributed by atoms with Gasteiger partial charge in [0.05, 0.1) is 6.10 Å². The Morgan fingerprint density at radius 1 is 1.28 bits per heavy atom. The molecule has 0 radical (unpaired) electrons. The van der Waals surface area contributed by atoms with E-state index in [2.05, 4.69) is 0 Å². The van der Waals surface area contributed by atoms with Crippen molar-refractivity contribution in [2.24, 2.45) is 0 Å². The van der Waals surface area contributed by atoms with Crippen molar-refractivity contribution in [3.05, 3.63) is 56.8 Å². The first kappa shape index (κ1) is 13.2. The highest BCUT2D eigenvalue weighted by Crippen LogP contribution is 2.29. The summed E-state index contributed by atoms with van der Waals surface area (Å²) in [6, 6.07) is 5.91. The summed E-state index contributed by atoms with van der Waals surface area (Å²) in [5.74, 6) is -1.75. The monoisotopic (exact) mass is 268 g/mol. The molecule has 1 atom stereocenters.